The summed E-state index contributed by atoms with van der Waals surface area (Å²) in [6.07, 6.45) is 5.20. The highest BCUT2D eigenvalue weighted by Gasteiger charge is 2.44. The Balaban J connectivity index is 2.10. The summed E-state index contributed by atoms with van der Waals surface area (Å²) in [5, 5.41) is 3.50. The summed E-state index contributed by atoms with van der Waals surface area (Å²) in [5.41, 5.74) is 0. The molecule has 3 nitrogen and oxygen atoms in total. The van der Waals surface area contributed by atoms with Gasteiger partial charge in [-0.05, 0) is 38.0 Å². The number of carbonyl (C=O) groups excluding carboxylic acids is 1. The zero-order chi connectivity index (χ0) is 12.6. The summed E-state index contributed by atoms with van der Waals surface area (Å²) in [6, 6.07) is 0.444. The molecule has 98 valence electrons. The number of nitrogens with zero attached hydrogens (tertiary/aromatic N) is 1. The normalized spacial score (nSPS) is 32.1. The second-order valence-corrected chi connectivity index (χ2v) is 5.99. The Labute approximate surface area is 105 Å². The van der Waals surface area contributed by atoms with E-state index in [0.717, 1.165) is 12.3 Å². The molecule has 0 spiro atoms. The van der Waals surface area contributed by atoms with Gasteiger partial charge in [-0.1, -0.05) is 27.2 Å². The first-order valence-corrected chi connectivity index (χ1v) is 7.14. The molecule has 3 heteroatoms. The molecule has 3 unspecified atom stereocenters. The van der Waals surface area contributed by atoms with Crippen molar-refractivity contribution in [1.82, 2.24) is 10.2 Å². The van der Waals surface area contributed by atoms with Gasteiger partial charge in [0.15, 0.2) is 0 Å². The number of carbonyl (C=O) groups is 1. The molecule has 1 saturated heterocycles. The molecule has 1 aliphatic carbocycles. The fourth-order valence-corrected chi connectivity index (χ4v) is 3.10. The maximum Gasteiger partial charge on any atom is 0.241 e. The van der Waals surface area contributed by atoms with Crippen LogP contribution in [0.2, 0.25) is 0 Å². The highest BCUT2D eigenvalue weighted by atomic mass is 16.2. The van der Waals surface area contributed by atoms with Gasteiger partial charge in [-0.15, -0.1) is 0 Å². The van der Waals surface area contributed by atoms with Crippen molar-refractivity contribution in [3.8, 4) is 0 Å². The van der Waals surface area contributed by atoms with Crippen LogP contribution in [-0.4, -0.2) is 29.1 Å². The maximum atomic E-state index is 12.5. The van der Waals surface area contributed by atoms with E-state index in [9.17, 15) is 4.79 Å². The Hall–Kier alpha value is -0.570. The Morgan fingerprint density at radius 2 is 2.00 bits per heavy atom. The number of rotatable bonds is 4. The zero-order valence-electron chi connectivity index (χ0n) is 11.6. The largest absolute Gasteiger partial charge is 0.323 e. The summed E-state index contributed by atoms with van der Waals surface area (Å²) in [7, 11) is 0. The fourth-order valence-electron chi connectivity index (χ4n) is 3.10. The van der Waals surface area contributed by atoms with Crippen LogP contribution in [0.5, 0.6) is 0 Å². The molecule has 2 rings (SSSR count). The molecule has 0 aromatic rings. The van der Waals surface area contributed by atoms with Crippen molar-refractivity contribution in [3.05, 3.63) is 0 Å². The van der Waals surface area contributed by atoms with Gasteiger partial charge in [-0.2, -0.15) is 0 Å². The lowest BCUT2D eigenvalue weighted by Crippen LogP contribution is -2.48. The quantitative estimate of drug-likeness (QED) is 0.815. The van der Waals surface area contributed by atoms with Crippen LogP contribution in [0.15, 0.2) is 0 Å². The van der Waals surface area contributed by atoms with Crippen LogP contribution in [0.25, 0.3) is 0 Å². The van der Waals surface area contributed by atoms with Gasteiger partial charge in [0.2, 0.25) is 5.91 Å². The van der Waals surface area contributed by atoms with Crippen molar-refractivity contribution < 1.29 is 4.79 Å². The van der Waals surface area contributed by atoms with Gasteiger partial charge in [-0.3, -0.25) is 10.1 Å². The molecule has 0 aromatic heterocycles. The minimum absolute atomic E-state index is 0.0301. The molecule has 1 N–H and O–H groups in total. The Kier molecular flexibility index (Phi) is 3.76. The van der Waals surface area contributed by atoms with Crippen molar-refractivity contribution in [1.29, 1.82) is 0 Å². The van der Waals surface area contributed by atoms with Gasteiger partial charge in [0.1, 0.15) is 0 Å². The molecule has 1 saturated carbocycles. The summed E-state index contributed by atoms with van der Waals surface area (Å²) in [5.74, 6) is 1.45. The molecule has 17 heavy (non-hydrogen) atoms. The second-order valence-electron chi connectivity index (χ2n) is 5.99. The van der Waals surface area contributed by atoms with Crippen molar-refractivity contribution >= 4 is 5.91 Å². The lowest BCUT2D eigenvalue weighted by molar-refractivity contribution is -0.134. The first-order valence-electron chi connectivity index (χ1n) is 7.14. The molecule has 2 fully saturated rings. The summed E-state index contributed by atoms with van der Waals surface area (Å²) in [4.78, 5) is 14.6. The van der Waals surface area contributed by atoms with E-state index in [1.165, 1.54) is 19.3 Å². The van der Waals surface area contributed by atoms with E-state index in [2.05, 4.69) is 37.9 Å². The monoisotopic (exact) mass is 238 g/mol. The lowest BCUT2D eigenvalue weighted by Gasteiger charge is -2.39. The third-order valence-corrected chi connectivity index (χ3v) is 4.55. The predicted molar refractivity (Wildman–Crippen MR) is 69.5 cm³/mol. The molecular formula is C14H26N2O. The molecule has 1 amide bonds. The second kappa shape index (κ2) is 4.97. The summed E-state index contributed by atoms with van der Waals surface area (Å²) >= 11 is 0. The SMILES string of the molecule is CCC1NC(C(C)C)C(=O)N1C(C)C1CCC1. The average Bonchev–Trinajstić information content (AvgIpc) is 2.52. The molecule has 1 heterocycles. The number of amides is 1. The van der Waals surface area contributed by atoms with Gasteiger partial charge < -0.3 is 4.90 Å². The van der Waals surface area contributed by atoms with Gasteiger partial charge in [0, 0.05) is 6.04 Å². The zero-order valence-corrected chi connectivity index (χ0v) is 11.6. The van der Waals surface area contributed by atoms with Crippen LogP contribution in [0, 0.1) is 11.8 Å². The van der Waals surface area contributed by atoms with Gasteiger partial charge in [0.05, 0.1) is 12.2 Å². The Morgan fingerprint density at radius 3 is 2.41 bits per heavy atom. The first-order chi connectivity index (χ1) is 8.06. The highest BCUT2D eigenvalue weighted by molar-refractivity contribution is 5.85. The maximum absolute atomic E-state index is 12.5. The highest BCUT2D eigenvalue weighted by Crippen LogP contribution is 2.35. The van der Waals surface area contributed by atoms with Crippen LogP contribution in [0.3, 0.4) is 0 Å². The smallest absolute Gasteiger partial charge is 0.241 e. The van der Waals surface area contributed by atoms with Gasteiger partial charge in [-0.25, -0.2) is 0 Å². The Morgan fingerprint density at radius 1 is 1.35 bits per heavy atom. The third-order valence-electron chi connectivity index (χ3n) is 4.55. The summed E-state index contributed by atoms with van der Waals surface area (Å²) < 4.78 is 0. The van der Waals surface area contributed by atoms with Gasteiger partial charge >= 0.3 is 0 Å². The van der Waals surface area contributed by atoms with Crippen LogP contribution < -0.4 is 5.32 Å². The number of hydrogen-bond acceptors (Lipinski definition) is 2. The van der Waals surface area contributed by atoms with E-state index < -0.39 is 0 Å². The minimum atomic E-state index is 0.0301. The standard InChI is InChI=1S/C14H26N2O/c1-5-12-15-13(9(2)3)14(17)16(12)10(4)11-7-6-8-11/h9-13,15H,5-8H2,1-4H3. The van der Waals surface area contributed by atoms with Crippen molar-refractivity contribution in [2.75, 3.05) is 0 Å². The number of hydrogen-bond donors (Lipinski definition) is 1. The topological polar surface area (TPSA) is 32.3 Å². The first kappa shape index (κ1) is 12.9. The molecule has 0 aromatic carbocycles. The van der Waals surface area contributed by atoms with Crippen molar-refractivity contribution in [3.63, 3.8) is 0 Å². The average molecular weight is 238 g/mol. The van der Waals surface area contributed by atoms with Crippen molar-refractivity contribution in [2.45, 2.75) is 71.6 Å². The van der Waals surface area contributed by atoms with Crippen LogP contribution in [-0.2, 0) is 4.79 Å². The predicted octanol–water partition coefficient (Wildman–Crippen LogP) is 2.37. The van der Waals surface area contributed by atoms with Crippen LogP contribution in [0.1, 0.15) is 53.4 Å². The lowest BCUT2D eigenvalue weighted by atomic mass is 9.79. The van der Waals surface area contributed by atoms with E-state index in [-0.39, 0.29) is 12.2 Å². The number of nitrogens with one attached hydrogen (secondary N) is 1. The molecule has 1 aliphatic heterocycles. The van der Waals surface area contributed by atoms with Crippen LogP contribution >= 0.6 is 0 Å². The summed E-state index contributed by atoms with van der Waals surface area (Å²) in [6.45, 7) is 8.64. The molecule has 2 aliphatic rings. The van der Waals surface area contributed by atoms with E-state index in [1.807, 2.05) is 0 Å². The van der Waals surface area contributed by atoms with Gasteiger partial charge in [0.25, 0.3) is 0 Å². The van der Waals surface area contributed by atoms with Crippen molar-refractivity contribution in [2.24, 2.45) is 11.8 Å². The minimum Gasteiger partial charge on any atom is -0.323 e. The van der Waals surface area contributed by atoms with Crippen LogP contribution in [0.4, 0.5) is 0 Å². The van der Waals surface area contributed by atoms with E-state index in [4.69, 9.17) is 0 Å². The molecule has 0 radical (unpaired) electrons. The van der Waals surface area contributed by atoms with E-state index >= 15 is 0 Å². The van der Waals surface area contributed by atoms with E-state index in [1.54, 1.807) is 0 Å². The molecule has 3 atom stereocenters. The fraction of sp³-hybridized carbons (Fsp3) is 0.929. The Bertz CT molecular complexity index is 286. The third kappa shape index (κ3) is 2.22. The molecule has 0 bridgehead atoms. The van der Waals surface area contributed by atoms with E-state index in [0.29, 0.717) is 17.9 Å². The molecular weight excluding hydrogens is 212 g/mol.